The Hall–Kier alpha value is 0.0274. The van der Waals surface area contributed by atoms with Crippen molar-refractivity contribution in [3.8, 4) is 0 Å². The van der Waals surface area contributed by atoms with Gasteiger partial charge in [0, 0.05) is 0 Å². The first-order chi connectivity index (χ1) is 4.30. The van der Waals surface area contributed by atoms with Crippen LogP contribution < -0.4 is 24.2 Å². The van der Waals surface area contributed by atoms with Gasteiger partial charge in [0.05, 0.1) is 5.92 Å². The summed E-state index contributed by atoms with van der Waals surface area (Å²) in [6.45, 7) is 1.72. The Morgan fingerprint density at radius 1 is 1.50 bits per heavy atom. The summed E-state index contributed by atoms with van der Waals surface area (Å²) in [5, 5.41) is 11.6. The van der Waals surface area contributed by atoms with Gasteiger partial charge in [0.2, 0.25) is 0 Å². The molecule has 0 radical (unpaired) electrons. The van der Waals surface area contributed by atoms with Gasteiger partial charge in [-0.25, -0.2) is 0 Å². The van der Waals surface area contributed by atoms with Crippen molar-refractivity contribution in [3.63, 3.8) is 0 Å². The fourth-order valence-corrected chi connectivity index (χ4v) is 1.07. The third-order valence-corrected chi connectivity index (χ3v) is 1.69. The van der Waals surface area contributed by atoms with Gasteiger partial charge >= 0.3 is 24.8 Å². The summed E-state index contributed by atoms with van der Waals surface area (Å²) in [4.78, 5) is 10.3. The molecule has 0 bridgehead atoms. The summed E-state index contributed by atoms with van der Waals surface area (Å²) in [6.07, 6.45) is 1.57. The number of rotatable bonds is 1. The molecule has 0 atom stereocenters. The second-order valence-corrected chi connectivity index (χ2v) is 2.36. The Kier molecular flexibility index (Phi) is 4.80. The second-order valence-electron chi connectivity index (χ2n) is 2.36. The average molecular weight is 137 g/mol. The van der Waals surface area contributed by atoms with Crippen molar-refractivity contribution in [2.45, 2.75) is 12.8 Å². The van der Waals surface area contributed by atoms with Crippen molar-refractivity contribution in [3.05, 3.63) is 0 Å². The molecule has 0 aromatic carbocycles. The van der Waals surface area contributed by atoms with Crippen LogP contribution >= 0.6 is 0 Å². The van der Waals surface area contributed by atoms with Gasteiger partial charge in [-0.05, 0) is 25.9 Å². The molecule has 3 nitrogen and oxygen atoms in total. The molecule has 1 aliphatic heterocycles. The van der Waals surface area contributed by atoms with Crippen LogP contribution in [0.2, 0.25) is 0 Å². The summed E-state index contributed by atoms with van der Waals surface area (Å²) < 4.78 is 0. The Balaban J connectivity index is 0. The molecule has 0 unspecified atom stereocenters. The second kappa shape index (κ2) is 4.78. The molecule has 4 heteroatoms. The van der Waals surface area contributed by atoms with Gasteiger partial charge in [-0.2, -0.15) is 0 Å². The van der Waals surface area contributed by atoms with Crippen molar-refractivity contribution in [2.75, 3.05) is 13.1 Å². The molecule has 1 aliphatic rings. The fraction of sp³-hybridized carbons (Fsp3) is 0.833. The Bertz CT molecular complexity index is 117. The molecule has 1 rings (SSSR count). The number of carboxylic acid groups (broad SMARTS) is 1. The quantitative estimate of drug-likeness (QED) is 0.383. The van der Waals surface area contributed by atoms with E-state index >= 15 is 0 Å². The van der Waals surface area contributed by atoms with Crippen LogP contribution in [0.15, 0.2) is 0 Å². The molecule has 0 aliphatic carbocycles. The first-order valence-electron chi connectivity index (χ1n) is 3.24. The van der Waals surface area contributed by atoms with E-state index in [1.165, 1.54) is 0 Å². The van der Waals surface area contributed by atoms with Crippen LogP contribution in [-0.2, 0) is 4.79 Å². The molecule has 1 heterocycles. The van der Waals surface area contributed by atoms with Crippen LogP contribution in [0.5, 0.6) is 0 Å². The maximum atomic E-state index is 10.3. The van der Waals surface area contributed by atoms with Crippen molar-refractivity contribution in [1.29, 1.82) is 0 Å². The summed E-state index contributed by atoms with van der Waals surface area (Å²) in [5.41, 5.74) is 0. The minimum Gasteiger partial charge on any atom is -1.00 e. The van der Waals surface area contributed by atoms with Gasteiger partial charge in [0.15, 0.2) is 0 Å². The van der Waals surface area contributed by atoms with E-state index in [-0.39, 0.29) is 26.2 Å². The molecule has 0 aromatic heterocycles. The van der Waals surface area contributed by atoms with E-state index in [1.54, 1.807) is 0 Å². The van der Waals surface area contributed by atoms with Gasteiger partial charge in [-0.15, -0.1) is 0 Å². The molecule has 0 amide bonds. The Labute approximate surface area is 73.8 Å². The predicted molar refractivity (Wildman–Crippen MR) is 34.3 cm³/mol. The number of hydrogen-bond donors (Lipinski definition) is 2. The summed E-state index contributed by atoms with van der Waals surface area (Å²) in [5.74, 6) is -0.734. The predicted octanol–water partition coefficient (Wildman–Crippen LogP) is -2.81. The average Bonchev–Trinajstić information content (AvgIpc) is 1.90. The third kappa shape index (κ3) is 2.74. The van der Waals surface area contributed by atoms with Crippen LogP contribution in [0, 0.1) is 5.92 Å². The van der Waals surface area contributed by atoms with Gasteiger partial charge in [0.25, 0.3) is 0 Å². The Morgan fingerprint density at radius 2 is 2.00 bits per heavy atom. The zero-order valence-electron chi connectivity index (χ0n) is 7.26. The van der Waals surface area contributed by atoms with E-state index in [0.29, 0.717) is 0 Å². The van der Waals surface area contributed by atoms with E-state index in [9.17, 15) is 4.79 Å². The molecule has 2 N–H and O–H groups in total. The van der Waals surface area contributed by atoms with Crippen LogP contribution in [0.1, 0.15) is 14.3 Å². The van der Waals surface area contributed by atoms with Crippen molar-refractivity contribution in [1.82, 2.24) is 5.32 Å². The summed E-state index contributed by atoms with van der Waals surface area (Å²) >= 11 is 0. The number of carboxylic acids is 1. The number of aliphatic carboxylic acids is 1. The van der Waals surface area contributed by atoms with Crippen molar-refractivity contribution >= 4 is 5.97 Å². The SMILES string of the molecule is O=C(O)C1CCNCC1.[H-].[Li+]. The molecule has 1 fully saturated rings. The molecule has 54 valence electrons. The fourth-order valence-electron chi connectivity index (χ4n) is 1.07. The maximum Gasteiger partial charge on any atom is 1.00 e. The zero-order chi connectivity index (χ0) is 6.69. The molecular formula is C6H12LiNO2. The van der Waals surface area contributed by atoms with Crippen molar-refractivity contribution < 1.29 is 30.2 Å². The molecule has 10 heavy (non-hydrogen) atoms. The zero-order valence-corrected chi connectivity index (χ0v) is 6.26. The van der Waals surface area contributed by atoms with Gasteiger partial charge in [-0.1, -0.05) is 0 Å². The number of carbonyl (C=O) groups is 1. The van der Waals surface area contributed by atoms with E-state index in [4.69, 9.17) is 5.11 Å². The minimum absolute atomic E-state index is 0. The van der Waals surface area contributed by atoms with E-state index in [2.05, 4.69) is 5.32 Å². The van der Waals surface area contributed by atoms with Crippen LogP contribution in [0.4, 0.5) is 0 Å². The Morgan fingerprint density at radius 3 is 2.30 bits per heavy atom. The van der Waals surface area contributed by atoms with E-state index in [1.807, 2.05) is 0 Å². The first-order valence-corrected chi connectivity index (χ1v) is 3.24. The monoisotopic (exact) mass is 137 g/mol. The van der Waals surface area contributed by atoms with Gasteiger partial charge in [-0.3, -0.25) is 4.79 Å². The number of piperidine rings is 1. The molecule has 0 aromatic rings. The molecule has 0 saturated carbocycles. The molecular weight excluding hydrogens is 125 g/mol. The van der Waals surface area contributed by atoms with Crippen LogP contribution in [0.3, 0.4) is 0 Å². The third-order valence-electron chi connectivity index (χ3n) is 1.69. The topological polar surface area (TPSA) is 49.3 Å². The summed E-state index contributed by atoms with van der Waals surface area (Å²) in [7, 11) is 0. The van der Waals surface area contributed by atoms with Gasteiger partial charge in [0.1, 0.15) is 0 Å². The summed E-state index contributed by atoms with van der Waals surface area (Å²) in [6, 6.07) is 0. The largest absolute Gasteiger partial charge is 1.00 e. The molecule has 1 saturated heterocycles. The van der Waals surface area contributed by atoms with Crippen LogP contribution in [-0.4, -0.2) is 24.2 Å². The van der Waals surface area contributed by atoms with E-state index < -0.39 is 5.97 Å². The first kappa shape index (κ1) is 10.0. The van der Waals surface area contributed by atoms with Crippen LogP contribution in [0.25, 0.3) is 0 Å². The van der Waals surface area contributed by atoms with E-state index in [0.717, 1.165) is 25.9 Å². The standard InChI is InChI=1S/C6H11NO2.Li.H/c8-6(9)5-1-3-7-4-2-5;;/h5,7H,1-4H2,(H,8,9);;/q;+1;-1. The maximum absolute atomic E-state index is 10.3. The van der Waals surface area contributed by atoms with Gasteiger partial charge < -0.3 is 11.8 Å². The normalized spacial score (nSPS) is 19.6. The molecule has 0 spiro atoms. The van der Waals surface area contributed by atoms with Crippen molar-refractivity contribution in [2.24, 2.45) is 5.92 Å². The minimum atomic E-state index is -0.642. The smallest absolute Gasteiger partial charge is 1.00 e. The number of hydrogen-bond acceptors (Lipinski definition) is 2. The number of nitrogens with one attached hydrogen (secondary N) is 1.